The largest absolute Gasteiger partial charge is 0.423 e. The van der Waals surface area contributed by atoms with E-state index in [1.807, 2.05) is 25.1 Å². The van der Waals surface area contributed by atoms with Crippen LogP contribution in [-0.4, -0.2) is 19.9 Å². The predicted molar refractivity (Wildman–Crippen MR) is 122 cm³/mol. The van der Waals surface area contributed by atoms with E-state index in [0.717, 1.165) is 11.8 Å². The van der Waals surface area contributed by atoms with E-state index in [2.05, 4.69) is 0 Å². The molecule has 1 aromatic carbocycles. The van der Waals surface area contributed by atoms with Crippen LogP contribution < -0.4 is 26.8 Å². The van der Waals surface area contributed by atoms with Gasteiger partial charge in [0, 0.05) is 41.5 Å². The average molecular weight is 436 g/mol. The fourth-order valence-electron chi connectivity index (χ4n) is 3.19. The summed E-state index contributed by atoms with van der Waals surface area (Å²) in [5.74, 6) is -0.574. The van der Waals surface area contributed by atoms with Crippen LogP contribution in [0, 0.1) is 0 Å². The molecule has 0 bridgehead atoms. The lowest BCUT2D eigenvalue weighted by atomic mass is 10.1. The molecule has 156 valence electrons. The van der Waals surface area contributed by atoms with Crippen molar-refractivity contribution in [1.82, 2.24) is 0 Å². The summed E-state index contributed by atoms with van der Waals surface area (Å²) in [5, 5.41) is 1.78. The van der Waals surface area contributed by atoms with Crippen molar-refractivity contribution in [2.24, 2.45) is 0 Å². The molecular weight excluding hydrogens is 418 g/mol. The van der Waals surface area contributed by atoms with E-state index in [1.54, 1.807) is 36.4 Å². The molecule has 2 heterocycles. The summed E-state index contributed by atoms with van der Waals surface area (Å²) < 4.78 is 10.7. The third-order valence-electron chi connectivity index (χ3n) is 4.86. The van der Waals surface area contributed by atoms with Gasteiger partial charge in [0.05, 0.1) is 5.56 Å². The normalized spacial score (nSPS) is 13.2. The van der Waals surface area contributed by atoms with E-state index < -0.39 is 17.0 Å². The molecule has 1 aliphatic carbocycles. The molecule has 2 aromatic heterocycles. The molecule has 0 aliphatic heterocycles. The number of hydrogen-bond acceptors (Lipinski definition) is 6. The molecule has 6 nitrogen and oxygen atoms in total. The molecule has 7 heteroatoms. The SMILES string of the molecule is CN(C)c1ccc2cc(C(=O)/C=C/c3cc4c(oc3=O)=CCC=C(Cl)C=4)c(=O)oc2c1. The van der Waals surface area contributed by atoms with E-state index >= 15 is 0 Å². The van der Waals surface area contributed by atoms with Gasteiger partial charge in [0.25, 0.3) is 0 Å². The number of carbonyl (C=O) groups is 1. The number of benzene rings is 1. The Morgan fingerprint density at radius 3 is 2.65 bits per heavy atom. The van der Waals surface area contributed by atoms with Gasteiger partial charge in [-0.3, -0.25) is 4.79 Å². The number of fused-ring (bicyclic) bond motifs is 2. The fourth-order valence-corrected chi connectivity index (χ4v) is 3.40. The van der Waals surface area contributed by atoms with E-state index in [1.165, 1.54) is 12.1 Å². The standard InChI is InChI=1S/C24H18ClNO5/c1-26(2)18-8-6-14-12-19(24(29)31-22(14)13-18)20(27)9-7-15-10-16-11-17(25)4-3-5-21(16)30-23(15)28/h4-13H,3H2,1-2H3/b9-7+. The molecule has 31 heavy (non-hydrogen) atoms. The van der Waals surface area contributed by atoms with Gasteiger partial charge in [-0.15, -0.1) is 0 Å². The maximum atomic E-state index is 12.6. The lowest BCUT2D eigenvalue weighted by Gasteiger charge is -2.12. The quantitative estimate of drug-likeness (QED) is 0.356. The van der Waals surface area contributed by atoms with Crippen LogP contribution in [-0.2, 0) is 0 Å². The Labute approximate surface area is 181 Å². The second-order valence-electron chi connectivity index (χ2n) is 7.24. The van der Waals surface area contributed by atoms with Crippen molar-refractivity contribution in [3.63, 3.8) is 0 Å². The maximum absolute atomic E-state index is 12.6. The van der Waals surface area contributed by atoms with Crippen LogP contribution in [0.25, 0.3) is 29.2 Å². The number of halogens is 1. The Hall–Kier alpha value is -3.64. The molecule has 0 saturated heterocycles. The maximum Gasteiger partial charge on any atom is 0.347 e. The minimum Gasteiger partial charge on any atom is -0.423 e. The number of carbonyl (C=O) groups excluding carboxylic acids is 1. The number of rotatable bonds is 4. The number of ketones is 1. The highest BCUT2D eigenvalue weighted by molar-refractivity contribution is 6.34. The molecule has 0 fully saturated rings. The van der Waals surface area contributed by atoms with Gasteiger partial charge in [0.1, 0.15) is 16.6 Å². The minimum atomic E-state index is -0.744. The zero-order valence-corrected chi connectivity index (χ0v) is 17.6. The van der Waals surface area contributed by atoms with Crippen LogP contribution in [0.15, 0.2) is 65.9 Å². The van der Waals surface area contributed by atoms with E-state index in [4.69, 9.17) is 20.4 Å². The fraction of sp³-hybridized carbons (Fsp3) is 0.125. The topological polar surface area (TPSA) is 80.7 Å². The number of anilines is 1. The molecule has 0 spiro atoms. The Balaban J connectivity index is 1.70. The Morgan fingerprint density at radius 1 is 1.06 bits per heavy atom. The van der Waals surface area contributed by atoms with Crippen LogP contribution in [0.4, 0.5) is 5.69 Å². The zero-order chi connectivity index (χ0) is 22.1. The summed E-state index contributed by atoms with van der Waals surface area (Å²) in [6.45, 7) is 0. The van der Waals surface area contributed by atoms with Crippen molar-refractivity contribution < 1.29 is 13.6 Å². The molecule has 0 radical (unpaired) electrons. The van der Waals surface area contributed by atoms with Gasteiger partial charge in [-0.05, 0) is 55.0 Å². The van der Waals surface area contributed by atoms with E-state index in [-0.39, 0.29) is 11.1 Å². The van der Waals surface area contributed by atoms with Crippen molar-refractivity contribution >= 4 is 52.3 Å². The van der Waals surface area contributed by atoms with E-state index in [9.17, 15) is 14.4 Å². The first kappa shape index (κ1) is 20.6. The van der Waals surface area contributed by atoms with Gasteiger partial charge in [0.2, 0.25) is 0 Å². The highest BCUT2D eigenvalue weighted by Gasteiger charge is 2.12. The zero-order valence-electron chi connectivity index (χ0n) is 16.8. The smallest absolute Gasteiger partial charge is 0.347 e. The highest BCUT2D eigenvalue weighted by Crippen LogP contribution is 2.20. The summed E-state index contributed by atoms with van der Waals surface area (Å²) in [6, 6.07) is 8.45. The molecule has 0 saturated carbocycles. The van der Waals surface area contributed by atoms with Crippen LogP contribution in [0.2, 0.25) is 0 Å². The van der Waals surface area contributed by atoms with Crippen molar-refractivity contribution in [3.8, 4) is 0 Å². The molecule has 3 aromatic rings. The number of hydrogen-bond donors (Lipinski definition) is 0. The molecule has 0 atom stereocenters. The third kappa shape index (κ3) is 4.29. The van der Waals surface area contributed by atoms with Crippen LogP contribution in [0.3, 0.4) is 0 Å². The summed E-state index contributed by atoms with van der Waals surface area (Å²) in [5.41, 5.74) is 0.399. The lowest BCUT2D eigenvalue weighted by Crippen LogP contribution is -2.29. The van der Waals surface area contributed by atoms with Gasteiger partial charge in [-0.25, -0.2) is 9.59 Å². The average Bonchev–Trinajstić information content (AvgIpc) is 2.90. The number of nitrogens with zero attached hydrogens (tertiary/aromatic N) is 1. The second-order valence-corrected chi connectivity index (χ2v) is 7.68. The summed E-state index contributed by atoms with van der Waals surface area (Å²) >= 11 is 6.09. The first-order valence-corrected chi connectivity index (χ1v) is 9.89. The molecule has 0 amide bonds. The minimum absolute atomic E-state index is 0.119. The molecule has 1 aliphatic rings. The van der Waals surface area contributed by atoms with Gasteiger partial charge in [-0.2, -0.15) is 0 Å². The van der Waals surface area contributed by atoms with Crippen LogP contribution in [0.5, 0.6) is 0 Å². The van der Waals surface area contributed by atoms with Crippen LogP contribution in [0.1, 0.15) is 22.3 Å². The van der Waals surface area contributed by atoms with Crippen molar-refractivity contribution in [2.45, 2.75) is 6.42 Å². The summed E-state index contributed by atoms with van der Waals surface area (Å²) in [7, 11) is 3.75. The van der Waals surface area contributed by atoms with Crippen molar-refractivity contribution in [3.05, 3.63) is 90.1 Å². The predicted octanol–water partition coefficient (Wildman–Crippen LogP) is 2.80. The summed E-state index contributed by atoms with van der Waals surface area (Å²) in [4.78, 5) is 39.1. The Bertz CT molecular complexity index is 1510. The molecular formula is C24H18ClNO5. The number of allylic oxidation sites excluding steroid dienone is 3. The first-order chi connectivity index (χ1) is 14.8. The van der Waals surface area contributed by atoms with Crippen LogP contribution >= 0.6 is 11.6 Å². The highest BCUT2D eigenvalue weighted by atomic mass is 35.5. The van der Waals surface area contributed by atoms with Gasteiger partial charge < -0.3 is 13.7 Å². The lowest BCUT2D eigenvalue weighted by molar-refractivity contribution is 0.104. The summed E-state index contributed by atoms with van der Waals surface area (Å²) in [6.07, 6.45) is 8.26. The van der Waals surface area contributed by atoms with Gasteiger partial charge in [0.15, 0.2) is 5.78 Å². The molecule has 4 rings (SSSR count). The first-order valence-electron chi connectivity index (χ1n) is 9.51. The Morgan fingerprint density at radius 2 is 1.87 bits per heavy atom. The monoisotopic (exact) mass is 435 g/mol. The van der Waals surface area contributed by atoms with Gasteiger partial charge in [-0.1, -0.05) is 17.7 Å². The second kappa shape index (κ2) is 8.24. The van der Waals surface area contributed by atoms with E-state index in [0.29, 0.717) is 33.1 Å². The van der Waals surface area contributed by atoms with Crippen molar-refractivity contribution in [2.75, 3.05) is 19.0 Å². The van der Waals surface area contributed by atoms with Crippen molar-refractivity contribution in [1.29, 1.82) is 0 Å². The van der Waals surface area contributed by atoms with Gasteiger partial charge >= 0.3 is 11.3 Å². The molecule has 0 unspecified atom stereocenters. The Kier molecular flexibility index (Phi) is 5.48. The molecule has 0 N–H and O–H groups in total. The third-order valence-corrected chi connectivity index (χ3v) is 5.12.